The third-order valence-corrected chi connectivity index (χ3v) is 3.03. The van der Waals surface area contributed by atoms with E-state index in [1.807, 2.05) is 17.0 Å². The van der Waals surface area contributed by atoms with Crippen LogP contribution in [0.5, 0.6) is 0 Å². The van der Waals surface area contributed by atoms with Gasteiger partial charge in [0.1, 0.15) is 12.3 Å². The summed E-state index contributed by atoms with van der Waals surface area (Å²) < 4.78 is 5.02. The molecular formula is C13H14N2O3. The van der Waals surface area contributed by atoms with Gasteiger partial charge in [0.05, 0.1) is 18.2 Å². The van der Waals surface area contributed by atoms with E-state index in [4.69, 9.17) is 10.00 Å². The van der Waals surface area contributed by atoms with E-state index in [-0.39, 0.29) is 0 Å². The summed E-state index contributed by atoms with van der Waals surface area (Å²) in [7, 11) is 0. The van der Waals surface area contributed by atoms with Crippen molar-refractivity contribution in [2.45, 2.75) is 18.9 Å². The summed E-state index contributed by atoms with van der Waals surface area (Å²) in [6.07, 6.45) is -0.413. The van der Waals surface area contributed by atoms with E-state index in [0.717, 1.165) is 5.56 Å². The zero-order valence-electron chi connectivity index (χ0n) is 9.82. The number of carbonyl (C=O) groups is 1. The number of nitrogens with zero attached hydrogens (tertiary/aromatic N) is 2. The summed E-state index contributed by atoms with van der Waals surface area (Å²) in [6, 6.07) is 8.68. The highest BCUT2D eigenvalue weighted by Crippen LogP contribution is 2.17. The summed E-state index contributed by atoms with van der Waals surface area (Å²) in [6.45, 7) is 1.38. The van der Waals surface area contributed by atoms with Gasteiger partial charge in [0.25, 0.3) is 0 Å². The normalized spacial score (nSPS) is 24.4. The molecule has 1 fully saturated rings. The van der Waals surface area contributed by atoms with Crippen LogP contribution in [0.2, 0.25) is 0 Å². The molecule has 1 aromatic carbocycles. The third kappa shape index (κ3) is 2.57. The number of benzene rings is 1. The minimum Gasteiger partial charge on any atom is -0.366 e. The molecule has 2 unspecified atom stereocenters. The molecule has 18 heavy (non-hydrogen) atoms. The molecule has 2 rings (SSSR count). The molecule has 0 bridgehead atoms. The van der Waals surface area contributed by atoms with Crippen molar-refractivity contribution in [1.29, 1.82) is 5.26 Å². The molecule has 5 nitrogen and oxygen atoms in total. The fourth-order valence-electron chi connectivity index (χ4n) is 2.04. The number of carbonyl (C=O) groups excluding carboxylic acids is 1. The zero-order chi connectivity index (χ0) is 13.0. The van der Waals surface area contributed by atoms with Gasteiger partial charge in [-0.2, -0.15) is 5.26 Å². The number of rotatable bonds is 3. The third-order valence-electron chi connectivity index (χ3n) is 3.03. The predicted octanol–water partition coefficient (Wildman–Crippen LogP) is 0.276. The van der Waals surface area contributed by atoms with Crippen molar-refractivity contribution in [2.24, 2.45) is 0 Å². The Morgan fingerprint density at radius 3 is 3.06 bits per heavy atom. The summed E-state index contributed by atoms with van der Waals surface area (Å²) in [5.74, 6) is 0. The monoisotopic (exact) mass is 246 g/mol. The molecule has 1 aliphatic rings. The van der Waals surface area contributed by atoms with E-state index in [1.165, 1.54) is 0 Å². The average Bonchev–Trinajstić information content (AvgIpc) is 2.40. The van der Waals surface area contributed by atoms with E-state index in [1.54, 1.807) is 12.1 Å². The summed E-state index contributed by atoms with van der Waals surface area (Å²) in [5, 5.41) is 18.6. The molecule has 1 aliphatic heterocycles. The molecule has 5 heteroatoms. The minimum absolute atomic E-state index is 0.375. The fraction of sp³-hybridized carbons (Fsp3) is 0.385. The molecule has 0 aliphatic carbocycles. The van der Waals surface area contributed by atoms with E-state index >= 15 is 0 Å². The van der Waals surface area contributed by atoms with E-state index < -0.39 is 12.3 Å². The maximum absolute atomic E-state index is 11.0. The van der Waals surface area contributed by atoms with Crippen LogP contribution >= 0.6 is 0 Å². The maximum atomic E-state index is 11.0. The molecule has 1 aromatic rings. The van der Waals surface area contributed by atoms with Crippen LogP contribution in [0, 0.1) is 11.3 Å². The molecule has 1 heterocycles. The van der Waals surface area contributed by atoms with E-state index in [2.05, 4.69) is 6.07 Å². The number of hydrogen-bond acceptors (Lipinski definition) is 5. The Labute approximate surface area is 105 Å². The second-order valence-electron chi connectivity index (χ2n) is 4.13. The van der Waals surface area contributed by atoms with Gasteiger partial charge in [0, 0.05) is 13.1 Å². The molecule has 0 saturated carbocycles. The second kappa shape index (κ2) is 5.74. The van der Waals surface area contributed by atoms with Crippen LogP contribution < -0.4 is 0 Å². The van der Waals surface area contributed by atoms with Gasteiger partial charge < -0.3 is 14.6 Å². The number of nitriles is 1. The first-order valence-electron chi connectivity index (χ1n) is 5.73. The highest BCUT2D eigenvalue weighted by atomic mass is 16.6. The van der Waals surface area contributed by atoms with Crippen LogP contribution in [0.25, 0.3) is 0 Å². The zero-order valence-corrected chi connectivity index (χ0v) is 9.82. The van der Waals surface area contributed by atoms with Crippen molar-refractivity contribution in [2.75, 3.05) is 13.2 Å². The van der Waals surface area contributed by atoms with Crippen LogP contribution in [-0.4, -0.2) is 41.8 Å². The Kier molecular flexibility index (Phi) is 4.05. The van der Waals surface area contributed by atoms with Gasteiger partial charge in [-0.05, 0) is 11.6 Å². The lowest BCUT2D eigenvalue weighted by Crippen LogP contribution is -2.51. The first-order chi connectivity index (χ1) is 8.76. The quantitative estimate of drug-likeness (QED) is 0.775. The van der Waals surface area contributed by atoms with Crippen molar-refractivity contribution in [3.8, 4) is 6.07 Å². The van der Waals surface area contributed by atoms with Crippen LogP contribution in [-0.2, 0) is 16.1 Å². The number of morpholine rings is 1. The topological polar surface area (TPSA) is 73.6 Å². The Balaban J connectivity index is 2.17. The van der Waals surface area contributed by atoms with Crippen LogP contribution in [0.15, 0.2) is 24.3 Å². The van der Waals surface area contributed by atoms with Crippen molar-refractivity contribution in [3.63, 3.8) is 0 Å². The molecule has 0 spiro atoms. The molecule has 94 valence electrons. The number of aldehydes is 1. The van der Waals surface area contributed by atoms with E-state index in [9.17, 15) is 9.90 Å². The Morgan fingerprint density at radius 2 is 2.33 bits per heavy atom. The minimum atomic E-state index is -1.09. The Morgan fingerprint density at radius 1 is 1.56 bits per heavy atom. The lowest BCUT2D eigenvalue weighted by atomic mass is 10.1. The highest BCUT2D eigenvalue weighted by Gasteiger charge is 2.30. The SMILES string of the molecule is N#Cc1ccccc1CN1CCOC(O)C1C=O. The Hall–Kier alpha value is -1.74. The average molecular weight is 246 g/mol. The van der Waals surface area contributed by atoms with Crippen LogP contribution in [0.3, 0.4) is 0 Å². The molecule has 2 atom stereocenters. The molecular weight excluding hydrogens is 232 g/mol. The van der Waals surface area contributed by atoms with Gasteiger partial charge >= 0.3 is 0 Å². The van der Waals surface area contributed by atoms with Crippen molar-refractivity contribution in [1.82, 2.24) is 4.90 Å². The first kappa shape index (κ1) is 12.7. The number of aliphatic hydroxyl groups excluding tert-OH is 1. The van der Waals surface area contributed by atoms with Crippen LogP contribution in [0.4, 0.5) is 0 Å². The van der Waals surface area contributed by atoms with Gasteiger partial charge in [0.15, 0.2) is 6.29 Å². The standard InChI is InChI=1S/C13H14N2O3/c14-7-10-3-1-2-4-11(10)8-15-5-6-18-13(17)12(15)9-16/h1-4,9,12-13,17H,5-6,8H2. The molecule has 0 aromatic heterocycles. The lowest BCUT2D eigenvalue weighted by molar-refractivity contribution is -0.180. The van der Waals surface area contributed by atoms with Crippen molar-refractivity contribution < 1.29 is 14.6 Å². The maximum Gasteiger partial charge on any atom is 0.177 e. The van der Waals surface area contributed by atoms with Crippen molar-refractivity contribution >= 4 is 6.29 Å². The highest BCUT2D eigenvalue weighted by molar-refractivity contribution is 5.58. The molecule has 0 radical (unpaired) electrons. The van der Waals surface area contributed by atoms with Crippen LogP contribution in [0.1, 0.15) is 11.1 Å². The largest absolute Gasteiger partial charge is 0.366 e. The molecule has 0 amide bonds. The van der Waals surface area contributed by atoms with Gasteiger partial charge in [-0.3, -0.25) is 4.90 Å². The Bertz CT molecular complexity index is 470. The summed E-state index contributed by atoms with van der Waals surface area (Å²) in [5.41, 5.74) is 1.43. The van der Waals surface area contributed by atoms with Gasteiger partial charge in [-0.15, -0.1) is 0 Å². The van der Waals surface area contributed by atoms with Gasteiger partial charge in [-0.1, -0.05) is 18.2 Å². The smallest absolute Gasteiger partial charge is 0.177 e. The molecule has 1 N–H and O–H groups in total. The van der Waals surface area contributed by atoms with Gasteiger partial charge in [0.2, 0.25) is 0 Å². The fourth-order valence-corrected chi connectivity index (χ4v) is 2.04. The number of ether oxygens (including phenoxy) is 1. The van der Waals surface area contributed by atoms with Gasteiger partial charge in [-0.25, -0.2) is 0 Å². The number of aliphatic hydroxyl groups is 1. The predicted molar refractivity (Wildman–Crippen MR) is 63.4 cm³/mol. The summed E-state index contributed by atoms with van der Waals surface area (Å²) >= 11 is 0. The molecule has 1 saturated heterocycles. The lowest BCUT2D eigenvalue weighted by Gasteiger charge is -2.35. The van der Waals surface area contributed by atoms with E-state index in [0.29, 0.717) is 31.5 Å². The van der Waals surface area contributed by atoms with Crippen molar-refractivity contribution in [3.05, 3.63) is 35.4 Å². The second-order valence-corrected chi connectivity index (χ2v) is 4.13. The number of hydrogen-bond donors (Lipinski definition) is 1. The first-order valence-corrected chi connectivity index (χ1v) is 5.73. The summed E-state index contributed by atoms with van der Waals surface area (Å²) in [4.78, 5) is 12.8.